The van der Waals surface area contributed by atoms with Gasteiger partial charge >= 0.3 is 0 Å². The van der Waals surface area contributed by atoms with E-state index < -0.39 is 0 Å². The average Bonchev–Trinajstić information content (AvgIpc) is 2.47. The predicted octanol–water partition coefficient (Wildman–Crippen LogP) is 3.20. The van der Waals surface area contributed by atoms with Crippen LogP contribution in [-0.4, -0.2) is 13.0 Å². The first-order valence-corrected chi connectivity index (χ1v) is 7.18. The average molecular weight is 282 g/mol. The van der Waals surface area contributed by atoms with Crippen molar-refractivity contribution in [1.29, 1.82) is 0 Å². The molecule has 2 aromatic rings. The molecule has 1 amide bonds. The van der Waals surface area contributed by atoms with Crippen molar-refractivity contribution in [3.05, 3.63) is 64.7 Å². The van der Waals surface area contributed by atoms with Crippen molar-refractivity contribution in [3.8, 4) is 0 Å². The molecular formula is C18H22N2O. The molecule has 0 saturated heterocycles. The molecule has 0 fully saturated rings. The van der Waals surface area contributed by atoms with Gasteiger partial charge in [-0.25, -0.2) is 0 Å². The summed E-state index contributed by atoms with van der Waals surface area (Å²) in [5.41, 5.74) is 5.86. The molecule has 2 aromatic carbocycles. The molecule has 21 heavy (non-hydrogen) atoms. The maximum Gasteiger partial charge on any atom is 0.224 e. The van der Waals surface area contributed by atoms with Crippen LogP contribution in [0.1, 0.15) is 22.3 Å². The van der Waals surface area contributed by atoms with Crippen LogP contribution in [0.3, 0.4) is 0 Å². The van der Waals surface area contributed by atoms with Gasteiger partial charge in [-0.2, -0.15) is 0 Å². The second kappa shape index (κ2) is 6.93. The van der Waals surface area contributed by atoms with Gasteiger partial charge in [0, 0.05) is 19.3 Å². The number of nitrogens with one attached hydrogen (secondary N) is 2. The van der Waals surface area contributed by atoms with Gasteiger partial charge in [-0.15, -0.1) is 0 Å². The third-order valence-electron chi connectivity index (χ3n) is 3.61. The number of benzene rings is 2. The number of likely N-dealkylation sites (N-methyl/N-ethyl adjacent to an activating group) is 1. The van der Waals surface area contributed by atoms with Gasteiger partial charge in [0.1, 0.15) is 0 Å². The molecule has 0 spiro atoms. The lowest BCUT2D eigenvalue weighted by Gasteiger charge is -2.13. The quantitative estimate of drug-likeness (QED) is 0.884. The lowest BCUT2D eigenvalue weighted by atomic mass is 10.0. The summed E-state index contributed by atoms with van der Waals surface area (Å²) in [5.74, 6) is 0.0239. The topological polar surface area (TPSA) is 41.1 Å². The number of carbonyl (C=O) groups is 1. The van der Waals surface area contributed by atoms with Crippen molar-refractivity contribution in [2.45, 2.75) is 26.8 Å². The zero-order chi connectivity index (χ0) is 15.2. The summed E-state index contributed by atoms with van der Waals surface area (Å²) in [5, 5.41) is 6.10. The zero-order valence-electron chi connectivity index (χ0n) is 12.9. The number of amides is 1. The van der Waals surface area contributed by atoms with Crippen LogP contribution in [0.2, 0.25) is 0 Å². The van der Waals surface area contributed by atoms with Crippen LogP contribution in [0.4, 0.5) is 5.69 Å². The summed E-state index contributed by atoms with van der Waals surface area (Å²) in [4.78, 5) is 11.6. The van der Waals surface area contributed by atoms with Crippen molar-refractivity contribution in [3.63, 3.8) is 0 Å². The molecule has 0 bridgehead atoms. The molecule has 2 rings (SSSR count). The standard InChI is InChI=1S/C18H22N2O/c1-13-8-9-16(14(2)10-13)12-20-17-7-5-4-6-15(17)11-18(21)19-3/h4-10,20H,11-12H2,1-3H3,(H,19,21). The monoisotopic (exact) mass is 282 g/mol. The first kappa shape index (κ1) is 15.1. The highest BCUT2D eigenvalue weighted by Crippen LogP contribution is 2.18. The minimum absolute atomic E-state index is 0.0239. The molecule has 0 radical (unpaired) electrons. The smallest absolute Gasteiger partial charge is 0.224 e. The van der Waals surface area contributed by atoms with Gasteiger partial charge in [-0.1, -0.05) is 42.0 Å². The van der Waals surface area contributed by atoms with Gasteiger partial charge in [0.15, 0.2) is 0 Å². The van der Waals surface area contributed by atoms with E-state index in [2.05, 4.69) is 42.7 Å². The zero-order valence-corrected chi connectivity index (χ0v) is 12.9. The predicted molar refractivity (Wildman–Crippen MR) is 87.5 cm³/mol. The van der Waals surface area contributed by atoms with E-state index in [1.54, 1.807) is 7.05 Å². The Balaban J connectivity index is 2.11. The minimum atomic E-state index is 0.0239. The number of anilines is 1. The molecule has 110 valence electrons. The molecule has 3 nitrogen and oxygen atoms in total. The minimum Gasteiger partial charge on any atom is -0.381 e. The summed E-state index contributed by atoms with van der Waals surface area (Å²) in [6.07, 6.45) is 0.395. The summed E-state index contributed by atoms with van der Waals surface area (Å²) in [6.45, 7) is 4.99. The van der Waals surface area contributed by atoms with E-state index in [1.165, 1.54) is 16.7 Å². The normalized spacial score (nSPS) is 10.2. The molecule has 0 heterocycles. The second-order valence-corrected chi connectivity index (χ2v) is 5.29. The van der Waals surface area contributed by atoms with E-state index in [9.17, 15) is 4.79 Å². The van der Waals surface area contributed by atoms with E-state index in [4.69, 9.17) is 0 Å². The summed E-state index contributed by atoms with van der Waals surface area (Å²) in [6, 6.07) is 14.4. The van der Waals surface area contributed by atoms with Gasteiger partial charge < -0.3 is 10.6 Å². The van der Waals surface area contributed by atoms with Crippen LogP contribution in [0.15, 0.2) is 42.5 Å². The molecule has 0 aliphatic rings. The van der Waals surface area contributed by atoms with Crippen molar-refractivity contribution in [1.82, 2.24) is 5.32 Å². The van der Waals surface area contributed by atoms with Crippen LogP contribution >= 0.6 is 0 Å². The maximum atomic E-state index is 11.6. The number of rotatable bonds is 5. The largest absolute Gasteiger partial charge is 0.381 e. The van der Waals surface area contributed by atoms with E-state index in [-0.39, 0.29) is 5.91 Å². The molecule has 0 aliphatic heterocycles. The number of hydrogen-bond donors (Lipinski definition) is 2. The highest BCUT2D eigenvalue weighted by molar-refractivity contribution is 5.80. The fourth-order valence-electron chi connectivity index (χ4n) is 2.34. The van der Waals surface area contributed by atoms with E-state index in [0.29, 0.717) is 6.42 Å². The molecule has 0 aromatic heterocycles. The molecule has 2 N–H and O–H groups in total. The third-order valence-corrected chi connectivity index (χ3v) is 3.61. The Morgan fingerprint density at radius 2 is 1.81 bits per heavy atom. The summed E-state index contributed by atoms with van der Waals surface area (Å²) in [7, 11) is 1.66. The third kappa shape index (κ3) is 4.09. The Hall–Kier alpha value is -2.29. The van der Waals surface area contributed by atoms with Gasteiger partial charge in [0.05, 0.1) is 6.42 Å². The highest BCUT2D eigenvalue weighted by atomic mass is 16.1. The molecule has 0 aliphatic carbocycles. The summed E-state index contributed by atoms with van der Waals surface area (Å²) < 4.78 is 0. The fourth-order valence-corrected chi connectivity index (χ4v) is 2.34. The fraction of sp³-hybridized carbons (Fsp3) is 0.278. The van der Waals surface area contributed by atoms with Crippen molar-refractivity contribution < 1.29 is 4.79 Å². The Bertz CT molecular complexity index is 635. The molecule has 3 heteroatoms. The SMILES string of the molecule is CNC(=O)Cc1ccccc1NCc1ccc(C)cc1C. The first-order valence-electron chi connectivity index (χ1n) is 7.18. The number of carbonyl (C=O) groups excluding carboxylic acids is 1. The summed E-state index contributed by atoms with van der Waals surface area (Å²) >= 11 is 0. The maximum absolute atomic E-state index is 11.6. The lowest BCUT2D eigenvalue weighted by molar-refractivity contribution is -0.119. The van der Waals surface area contributed by atoms with Gasteiger partial charge in [0.25, 0.3) is 0 Å². The Morgan fingerprint density at radius 3 is 2.52 bits per heavy atom. The van der Waals surface area contributed by atoms with Gasteiger partial charge in [0.2, 0.25) is 5.91 Å². The Labute approximate surface area is 126 Å². The highest BCUT2D eigenvalue weighted by Gasteiger charge is 2.06. The molecule has 0 saturated carbocycles. The number of para-hydroxylation sites is 1. The lowest BCUT2D eigenvalue weighted by Crippen LogP contribution is -2.20. The molecular weight excluding hydrogens is 260 g/mol. The first-order chi connectivity index (χ1) is 10.1. The van der Waals surface area contributed by atoms with Crippen molar-refractivity contribution in [2.75, 3.05) is 12.4 Å². The number of hydrogen-bond acceptors (Lipinski definition) is 2. The van der Waals surface area contributed by atoms with E-state index in [1.807, 2.05) is 24.3 Å². The van der Waals surface area contributed by atoms with Gasteiger partial charge in [-0.05, 0) is 36.6 Å². The molecule has 0 unspecified atom stereocenters. The van der Waals surface area contributed by atoms with Gasteiger partial charge in [-0.3, -0.25) is 4.79 Å². The molecule has 0 atom stereocenters. The van der Waals surface area contributed by atoms with Crippen LogP contribution in [0.5, 0.6) is 0 Å². The van der Waals surface area contributed by atoms with Crippen molar-refractivity contribution in [2.24, 2.45) is 0 Å². The second-order valence-electron chi connectivity index (χ2n) is 5.29. The van der Waals surface area contributed by atoms with E-state index >= 15 is 0 Å². The van der Waals surface area contributed by atoms with Crippen molar-refractivity contribution >= 4 is 11.6 Å². The Kier molecular flexibility index (Phi) is 4.99. The van der Waals surface area contributed by atoms with E-state index in [0.717, 1.165) is 17.8 Å². The van der Waals surface area contributed by atoms with Crippen LogP contribution in [0, 0.1) is 13.8 Å². The van der Waals surface area contributed by atoms with Crippen LogP contribution < -0.4 is 10.6 Å². The van der Waals surface area contributed by atoms with Crippen LogP contribution in [-0.2, 0) is 17.8 Å². The Morgan fingerprint density at radius 1 is 1.05 bits per heavy atom. The number of aryl methyl sites for hydroxylation is 2. The van der Waals surface area contributed by atoms with Crippen LogP contribution in [0.25, 0.3) is 0 Å².